The van der Waals surface area contributed by atoms with Crippen LogP contribution in [0.4, 0.5) is 10.6 Å². The van der Waals surface area contributed by atoms with Crippen LogP contribution in [0.25, 0.3) is 0 Å². The Morgan fingerprint density at radius 2 is 2.24 bits per heavy atom. The summed E-state index contributed by atoms with van der Waals surface area (Å²) in [4.78, 5) is 18.9. The highest BCUT2D eigenvalue weighted by atomic mass is 16.6. The summed E-state index contributed by atoms with van der Waals surface area (Å²) in [5.74, 6) is 0.433. The zero-order valence-corrected chi connectivity index (χ0v) is 9.97. The van der Waals surface area contributed by atoms with Crippen molar-refractivity contribution in [1.82, 2.24) is 10.3 Å². The van der Waals surface area contributed by atoms with E-state index in [1.807, 2.05) is 0 Å². The molecule has 6 nitrogen and oxygen atoms in total. The second-order valence-corrected chi connectivity index (χ2v) is 4.28. The fourth-order valence-corrected chi connectivity index (χ4v) is 0.913. The maximum Gasteiger partial charge on any atom is 0.412 e. The number of pyridine rings is 1. The minimum atomic E-state index is -0.583. The van der Waals surface area contributed by atoms with Crippen molar-refractivity contribution in [2.45, 2.75) is 26.4 Å². The van der Waals surface area contributed by atoms with Crippen LogP contribution in [0.15, 0.2) is 23.3 Å². The number of aliphatic imine (C=N–C) groups is 1. The Bertz CT molecular complexity index is 407. The molecule has 0 fully saturated rings. The van der Waals surface area contributed by atoms with Gasteiger partial charge in [0.1, 0.15) is 11.4 Å². The van der Waals surface area contributed by atoms with Crippen LogP contribution in [-0.4, -0.2) is 28.1 Å². The quantitative estimate of drug-likeness (QED) is 0.608. The highest BCUT2D eigenvalue weighted by Gasteiger charge is 2.14. The van der Waals surface area contributed by atoms with E-state index in [0.29, 0.717) is 5.82 Å². The van der Waals surface area contributed by atoms with Gasteiger partial charge in [0.2, 0.25) is 0 Å². The van der Waals surface area contributed by atoms with Crippen LogP contribution in [0.2, 0.25) is 0 Å². The number of carbonyl (C=O) groups excluding carboxylic acids is 1. The lowest BCUT2D eigenvalue weighted by molar-refractivity contribution is 0.0565. The Labute approximate surface area is 99.4 Å². The van der Waals surface area contributed by atoms with Crippen LogP contribution in [0.1, 0.15) is 20.8 Å². The molecular weight excluding hydrogens is 222 g/mol. The summed E-state index contributed by atoms with van der Waals surface area (Å²) in [6.45, 7) is 5.31. The van der Waals surface area contributed by atoms with Crippen LogP contribution < -0.4 is 5.32 Å². The van der Waals surface area contributed by atoms with Gasteiger partial charge in [-0.25, -0.2) is 14.8 Å². The monoisotopic (exact) mass is 237 g/mol. The van der Waals surface area contributed by atoms with Gasteiger partial charge in [-0.3, -0.25) is 5.32 Å². The van der Waals surface area contributed by atoms with Crippen molar-refractivity contribution in [2.75, 3.05) is 0 Å². The Balaban J connectivity index is 2.45. The first-order chi connectivity index (χ1) is 7.87. The van der Waals surface area contributed by atoms with E-state index in [2.05, 4.69) is 15.3 Å². The highest BCUT2D eigenvalue weighted by Crippen LogP contribution is 2.11. The van der Waals surface area contributed by atoms with Gasteiger partial charge in [0.25, 0.3) is 0 Å². The fourth-order valence-electron chi connectivity index (χ4n) is 0.913. The number of rotatable bonds is 2. The van der Waals surface area contributed by atoms with Crippen molar-refractivity contribution in [3.63, 3.8) is 0 Å². The molecule has 1 heterocycles. The van der Waals surface area contributed by atoms with Gasteiger partial charge in [-0.2, -0.15) is 0 Å². The molecule has 0 radical (unpaired) electrons. The molecule has 6 heteroatoms. The molecule has 0 bridgehead atoms. The van der Waals surface area contributed by atoms with Gasteiger partial charge in [0.15, 0.2) is 5.82 Å². The molecule has 92 valence electrons. The Morgan fingerprint density at radius 3 is 2.76 bits per heavy atom. The van der Waals surface area contributed by atoms with E-state index >= 15 is 0 Å². The number of alkyl carbamates (subject to hydrolysis) is 1. The highest BCUT2D eigenvalue weighted by molar-refractivity contribution is 5.83. The molecule has 1 amide bonds. The minimum absolute atomic E-state index is 0.0593. The lowest BCUT2D eigenvalue weighted by atomic mass is 10.2. The first-order valence-electron chi connectivity index (χ1n) is 5.04. The summed E-state index contributed by atoms with van der Waals surface area (Å²) in [5, 5.41) is 11.3. The Morgan fingerprint density at radius 1 is 1.53 bits per heavy atom. The van der Waals surface area contributed by atoms with Crippen molar-refractivity contribution in [3.05, 3.63) is 18.3 Å². The Hall–Kier alpha value is -2.11. The average molecular weight is 237 g/mol. The van der Waals surface area contributed by atoms with E-state index in [-0.39, 0.29) is 5.75 Å². The van der Waals surface area contributed by atoms with Gasteiger partial charge < -0.3 is 9.84 Å². The van der Waals surface area contributed by atoms with Gasteiger partial charge in [-0.1, -0.05) is 0 Å². The largest absolute Gasteiger partial charge is 0.506 e. The maximum atomic E-state index is 11.2. The van der Waals surface area contributed by atoms with Crippen LogP contribution in [0, 0.1) is 0 Å². The van der Waals surface area contributed by atoms with Crippen LogP contribution in [0.3, 0.4) is 0 Å². The molecule has 1 rings (SSSR count). The number of amides is 1. The normalized spacial score (nSPS) is 11.5. The van der Waals surface area contributed by atoms with E-state index in [1.165, 1.54) is 24.7 Å². The van der Waals surface area contributed by atoms with Crippen LogP contribution in [-0.2, 0) is 4.74 Å². The summed E-state index contributed by atoms with van der Waals surface area (Å²) in [6, 6.07) is 2.97. The van der Waals surface area contributed by atoms with Crippen LogP contribution in [0.5, 0.6) is 5.75 Å². The third kappa shape index (κ3) is 5.50. The number of ether oxygens (including phenoxy) is 1. The molecule has 1 aromatic rings. The smallest absolute Gasteiger partial charge is 0.412 e. The molecule has 0 aliphatic heterocycles. The molecule has 1 aromatic heterocycles. The third-order valence-electron chi connectivity index (χ3n) is 1.51. The number of carbonyl (C=O) groups is 1. The van der Waals surface area contributed by atoms with E-state index < -0.39 is 11.7 Å². The number of aromatic hydroxyl groups is 1. The molecule has 2 N–H and O–H groups in total. The molecule has 0 aliphatic carbocycles. The zero-order chi connectivity index (χ0) is 12.9. The van der Waals surface area contributed by atoms with Gasteiger partial charge in [0.05, 0.1) is 12.5 Å². The van der Waals surface area contributed by atoms with Gasteiger partial charge in [-0.15, -0.1) is 0 Å². The first-order valence-corrected chi connectivity index (χ1v) is 5.04. The summed E-state index contributed by atoms with van der Waals surface area (Å²) in [7, 11) is 0. The molecule has 0 saturated carbocycles. The first kappa shape index (κ1) is 13.0. The topological polar surface area (TPSA) is 83.8 Å². The molecular formula is C11H15N3O3. The second-order valence-electron chi connectivity index (χ2n) is 4.28. The summed E-state index contributed by atoms with van der Waals surface area (Å²) in [6.07, 6.45) is 1.87. The standard InChI is InChI=1S/C11H15N3O3/c1-11(2,3)17-10(16)14-7-13-9-5-4-8(15)6-12-9/h4-7,15H,1-3H3,(H,12,13,14,16). The Kier molecular flexibility index (Phi) is 4.03. The lowest BCUT2D eigenvalue weighted by Gasteiger charge is -2.18. The van der Waals surface area contributed by atoms with E-state index in [0.717, 1.165) is 0 Å². The van der Waals surface area contributed by atoms with Gasteiger partial charge in [-0.05, 0) is 32.9 Å². The molecule has 0 aliphatic rings. The maximum absolute atomic E-state index is 11.2. The van der Waals surface area contributed by atoms with E-state index in [9.17, 15) is 4.79 Å². The third-order valence-corrected chi connectivity index (χ3v) is 1.51. The van der Waals surface area contributed by atoms with E-state index in [4.69, 9.17) is 9.84 Å². The predicted molar refractivity (Wildman–Crippen MR) is 63.4 cm³/mol. The molecule has 0 spiro atoms. The molecule has 17 heavy (non-hydrogen) atoms. The number of nitrogens with zero attached hydrogens (tertiary/aromatic N) is 2. The molecule has 0 atom stereocenters. The van der Waals surface area contributed by atoms with Crippen molar-refractivity contribution in [3.8, 4) is 5.75 Å². The predicted octanol–water partition coefficient (Wildman–Crippen LogP) is 1.97. The van der Waals surface area contributed by atoms with Crippen molar-refractivity contribution >= 4 is 18.2 Å². The van der Waals surface area contributed by atoms with Crippen LogP contribution >= 0.6 is 0 Å². The minimum Gasteiger partial charge on any atom is -0.506 e. The number of aromatic nitrogens is 1. The van der Waals surface area contributed by atoms with Crippen molar-refractivity contribution in [2.24, 2.45) is 4.99 Å². The van der Waals surface area contributed by atoms with Gasteiger partial charge >= 0.3 is 6.09 Å². The van der Waals surface area contributed by atoms with Crippen molar-refractivity contribution in [1.29, 1.82) is 0 Å². The molecule has 0 aromatic carbocycles. The van der Waals surface area contributed by atoms with Crippen molar-refractivity contribution < 1.29 is 14.6 Å². The fraction of sp³-hybridized carbons (Fsp3) is 0.364. The number of nitrogens with one attached hydrogen (secondary N) is 1. The van der Waals surface area contributed by atoms with Gasteiger partial charge in [0, 0.05) is 0 Å². The summed E-state index contributed by atoms with van der Waals surface area (Å²) < 4.78 is 4.99. The number of hydrogen-bond acceptors (Lipinski definition) is 5. The molecule has 0 saturated heterocycles. The SMILES string of the molecule is CC(C)(C)OC(=O)NC=Nc1ccc(O)cn1. The average Bonchev–Trinajstić information content (AvgIpc) is 2.18. The van der Waals surface area contributed by atoms with E-state index in [1.54, 1.807) is 20.8 Å². The zero-order valence-electron chi connectivity index (χ0n) is 9.97. The summed E-state index contributed by atoms with van der Waals surface area (Å²) >= 11 is 0. The molecule has 0 unspecified atom stereocenters. The number of hydrogen-bond donors (Lipinski definition) is 2. The second kappa shape index (κ2) is 5.29. The summed E-state index contributed by atoms with van der Waals surface area (Å²) in [5.41, 5.74) is -0.547. The lowest BCUT2D eigenvalue weighted by Crippen LogP contribution is -2.31.